The predicted molar refractivity (Wildman–Crippen MR) is 52.2 cm³/mol. The van der Waals surface area contributed by atoms with E-state index in [1.165, 1.54) is 12.1 Å². The Balaban J connectivity index is -0.00000000875. The van der Waals surface area contributed by atoms with E-state index in [2.05, 4.69) is 26.2 Å². The molecule has 0 heterocycles. The minimum atomic E-state index is -0.213. The molecule has 0 saturated carbocycles. The van der Waals surface area contributed by atoms with Crippen LogP contribution in [-0.2, 0) is 262 Å². The molecule has 0 aromatic heterocycles. The monoisotopic (exact) mass is 861 g/mol. The Kier molecular flexibility index (Phi) is 155. The van der Waals surface area contributed by atoms with Gasteiger partial charge in [0.25, 0.3) is 0 Å². The number of rotatable bonds is 3. The van der Waals surface area contributed by atoms with Gasteiger partial charge >= 0.3 is 0 Å². The Morgan fingerprint density at radius 3 is 1.06 bits per heavy atom. The molecule has 0 aromatic carbocycles. The first kappa shape index (κ1) is 56.2. The van der Waals surface area contributed by atoms with Crippen molar-refractivity contribution >= 4 is 27.7 Å². The van der Waals surface area contributed by atoms with Gasteiger partial charge in [-0.1, -0.05) is 6.92 Å². The van der Waals surface area contributed by atoms with Gasteiger partial charge in [0.1, 0.15) is 0 Å². The molecule has 0 spiro atoms. The average Bonchev–Trinajstić information content (AvgIpc) is 1.65. The molecule has 0 nitrogen and oxygen atoms in total. The fourth-order valence-corrected chi connectivity index (χ4v) is 4.97. The summed E-state index contributed by atoms with van der Waals surface area (Å²) in [6.45, 7) is 4.49. The molecule has 2 atom stereocenters. The summed E-state index contributed by atoms with van der Waals surface area (Å²) in [7, 11) is -0.409. The van der Waals surface area contributed by atoms with Gasteiger partial charge in [0, 0.05) is 262 Å². The molecular weight excluding hydrogens is 845 g/mol. The zero-order valence-corrected chi connectivity index (χ0v) is 35.2. The average molecular weight is 861 g/mol. The van der Waals surface area contributed by atoms with E-state index in [9.17, 15) is 0 Å². The molecule has 0 bridgehead atoms. The molecule has 0 aliphatic carbocycles. The van der Waals surface area contributed by atoms with E-state index in [0.717, 1.165) is 0 Å². The Morgan fingerprint density at radius 2 is 1.00 bits per heavy atom. The molecule has 16 heavy (non-hydrogen) atoms. The van der Waals surface area contributed by atoms with E-state index in [0.29, 0.717) is 0 Å². The van der Waals surface area contributed by atoms with Gasteiger partial charge in [-0.05, 0) is 18.7 Å². The summed E-state index contributed by atoms with van der Waals surface area (Å²) in [5.41, 5.74) is 0. The normalized spacial score (nSPS) is 8.88. The van der Waals surface area contributed by atoms with Crippen molar-refractivity contribution in [2.24, 2.45) is 0 Å². The summed E-state index contributed by atoms with van der Waals surface area (Å²) in [5.74, 6) is 1.37. The van der Waals surface area contributed by atoms with E-state index in [1.807, 2.05) is 0 Å². The second kappa shape index (κ2) is 44.1. The fraction of sp³-hybridized carbons (Fsp3) is 0.667. The van der Waals surface area contributed by atoms with Crippen LogP contribution in [0, 0.1) is 0 Å². The van der Waals surface area contributed by atoms with Crippen molar-refractivity contribution in [2.75, 3.05) is 18.7 Å². The molecule has 0 aliphatic heterocycles. The molecule has 0 fully saturated rings. The van der Waals surface area contributed by atoms with Crippen LogP contribution in [0.1, 0.15) is 6.92 Å². The van der Waals surface area contributed by atoms with Crippen LogP contribution >= 0.6 is 15.1 Å². The van der Waals surface area contributed by atoms with Crippen LogP contribution in [0.3, 0.4) is 0 Å². The van der Waals surface area contributed by atoms with Gasteiger partial charge in [0.05, 0.1) is 0 Å². The van der Waals surface area contributed by atoms with E-state index in [1.54, 1.807) is 0 Å². The van der Waals surface area contributed by atoms with E-state index >= 15 is 0 Å². The zero-order valence-electron chi connectivity index (χ0n) is 10.4. The largest absolute Gasteiger partial charge is 0.124 e. The quantitative estimate of drug-likeness (QED) is 0.381. The molecule has 10 heteroatoms. The molecule has 0 saturated heterocycles. The van der Waals surface area contributed by atoms with Gasteiger partial charge in [-0.15, -0.1) is 27.7 Å². The smallest absolute Gasteiger partial charge is 0 e. The second-order valence-electron chi connectivity index (χ2n) is 2.24. The van der Waals surface area contributed by atoms with Crippen molar-refractivity contribution in [1.82, 2.24) is 0 Å². The summed E-state index contributed by atoms with van der Waals surface area (Å²) < 4.78 is 0. The van der Waals surface area contributed by atoms with Crippen LogP contribution in [0.25, 0.3) is 0 Å². The molecule has 0 aliphatic rings. The maximum absolute atomic E-state index is 4.08. The third kappa shape index (κ3) is 49.5. The molecule has 0 N–H and O–H groups in total. The first-order valence-corrected chi connectivity index (χ1v) is 7.51. The summed E-state index contributed by atoms with van der Waals surface area (Å²) >= 11 is 0. The van der Waals surface area contributed by atoms with E-state index in [4.69, 9.17) is 0 Å². The third-order valence-corrected chi connectivity index (χ3v) is 6.47. The fourth-order valence-electron chi connectivity index (χ4n) is 0.552. The maximum atomic E-state index is 4.08. The van der Waals surface area contributed by atoms with Gasteiger partial charge < -0.3 is 0 Å². The topological polar surface area (TPSA) is 0 Å². The Hall–Kier alpha value is 9.43. The van der Waals surface area contributed by atoms with Crippen LogP contribution in [-0.4, -0.2) is 31.3 Å². The molecule has 2 unspecified atom stereocenters. The molecule has 8 radical (unpaired) electrons. The molecule has 0 rings (SSSR count). The summed E-state index contributed by atoms with van der Waals surface area (Å²) in [4.78, 5) is 0. The zero-order chi connectivity index (χ0) is 6.57. The Bertz CT molecular complexity index is 121. The van der Waals surface area contributed by atoms with Crippen molar-refractivity contribution in [2.45, 2.75) is 6.92 Å². The van der Waals surface area contributed by atoms with Crippen molar-refractivity contribution in [3.05, 3.63) is 0 Å². The minimum absolute atomic E-state index is 0. The van der Waals surface area contributed by atoms with Crippen LogP contribution < -0.4 is 0 Å². The first-order valence-electron chi connectivity index (χ1n) is 2.97. The van der Waals surface area contributed by atoms with Crippen molar-refractivity contribution < 1.29 is 262 Å². The van der Waals surface area contributed by atoms with Crippen molar-refractivity contribution in [3.8, 4) is 0 Å². The Labute approximate surface area is 305 Å². The molecular formula is C6H16P2Y8. The minimum Gasteiger partial charge on any atom is -0.124 e. The predicted octanol–water partition coefficient (Wildman–Crippen LogP) is 1.87. The van der Waals surface area contributed by atoms with Crippen LogP contribution in [0.5, 0.6) is 0 Å². The van der Waals surface area contributed by atoms with Gasteiger partial charge in [0.15, 0.2) is 0 Å². The van der Waals surface area contributed by atoms with Gasteiger partial charge in [0.2, 0.25) is 0 Å². The molecule has 0 amide bonds. The number of hydrogen-bond donors (Lipinski definition) is 0. The molecule has 74 valence electrons. The SMILES string of the molecule is C=[PH](C)C[PH](=C)CC.[Y].[Y].[Y].[Y].[Y].[Y].[Y].[Y]. The van der Waals surface area contributed by atoms with Crippen molar-refractivity contribution in [3.63, 3.8) is 0 Å². The first-order chi connectivity index (χ1) is 3.66. The Morgan fingerprint density at radius 1 is 0.750 bits per heavy atom. The van der Waals surface area contributed by atoms with E-state index in [-0.39, 0.29) is 277 Å². The van der Waals surface area contributed by atoms with Crippen molar-refractivity contribution in [1.29, 1.82) is 0 Å². The van der Waals surface area contributed by atoms with Gasteiger partial charge in [-0.25, -0.2) is 0 Å². The van der Waals surface area contributed by atoms with Gasteiger partial charge in [-0.3, -0.25) is 0 Å². The third-order valence-electron chi connectivity index (χ3n) is 1.05. The standard InChI is InChI=1S/C6H16P2.8Y/c1-5-8(4)6-7(2)3;;;;;;;;/h7-8H,2,4-6H2,1,3H3;;;;;;;;. The summed E-state index contributed by atoms with van der Waals surface area (Å²) in [5, 5.41) is 0. The van der Waals surface area contributed by atoms with Crippen LogP contribution in [0.15, 0.2) is 0 Å². The second-order valence-corrected chi connectivity index (χ2v) is 7.77. The van der Waals surface area contributed by atoms with Crippen LogP contribution in [0.2, 0.25) is 0 Å². The van der Waals surface area contributed by atoms with Gasteiger partial charge in [-0.2, -0.15) is 0 Å². The number of hydrogen-bond acceptors (Lipinski definition) is 0. The summed E-state index contributed by atoms with van der Waals surface area (Å²) in [6.07, 6.45) is 9.41. The molecule has 0 aromatic rings. The van der Waals surface area contributed by atoms with E-state index < -0.39 is 0 Å². The maximum Gasteiger partial charge on any atom is 0 e. The van der Waals surface area contributed by atoms with Crippen LogP contribution in [0.4, 0.5) is 0 Å². The summed E-state index contributed by atoms with van der Waals surface area (Å²) in [6, 6.07) is 0.